The van der Waals surface area contributed by atoms with E-state index in [9.17, 15) is 9.90 Å². The Balaban J connectivity index is 1.80. The van der Waals surface area contributed by atoms with Crippen LogP contribution < -0.4 is 5.32 Å². The van der Waals surface area contributed by atoms with Gasteiger partial charge in [0.25, 0.3) is 5.91 Å². The average molecular weight is 283 g/mol. The van der Waals surface area contributed by atoms with Crippen molar-refractivity contribution in [2.75, 3.05) is 6.54 Å². The Bertz CT molecular complexity index is 687. The van der Waals surface area contributed by atoms with Crippen LogP contribution in [-0.2, 0) is 0 Å². The number of carbonyl (C=O) groups is 1. The first-order valence-electron chi connectivity index (χ1n) is 7.52. The van der Waals surface area contributed by atoms with Gasteiger partial charge in [0, 0.05) is 11.9 Å². The third-order valence-corrected chi connectivity index (χ3v) is 4.86. The first kappa shape index (κ1) is 13.9. The van der Waals surface area contributed by atoms with Crippen molar-refractivity contribution in [1.29, 1.82) is 0 Å². The number of hydrogen-bond acceptors (Lipinski definition) is 2. The molecule has 0 spiro atoms. The lowest BCUT2D eigenvalue weighted by Gasteiger charge is -2.20. The molecular formula is C18H21NO2. The molecule has 1 aliphatic carbocycles. The predicted molar refractivity (Wildman–Crippen MR) is 84.5 cm³/mol. The van der Waals surface area contributed by atoms with Crippen molar-refractivity contribution in [3.63, 3.8) is 0 Å². The Labute approximate surface area is 125 Å². The van der Waals surface area contributed by atoms with Gasteiger partial charge in [0.2, 0.25) is 0 Å². The normalized spacial score (nSPS) is 16.1. The topological polar surface area (TPSA) is 49.3 Å². The van der Waals surface area contributed by atoms with Gasteiger partial charge in [-0.25, -0.2) is 0 Å². The number of nitrogens with one attached hydrogen (secondary N) is 1. The SMILES string of the molecule is CC(C)C1(CNC(=O)c2ccc3ccccc3c2O)CC1. The van der Waals surface area contributed by atoms with Gasteiger partial charge in [-0.1, -0.05) is 44.2 Å². The van der Waals surface area contributed by atoms with Crippen LogP contribution in [0, 0.1) is 11.3 Å². The lowest BCUT2D eigenvalue weighted by Crippen LogP contribution is -2.32. The van der Waals surface area contributed by atoms with E-state index in [1.807, 2.05) is 30.3 Å². The highest BCUT2D eigenvalue weighted by molar-refractivity contribution is 6.03. The summed E-state index contributed by atoms with van der Waals surface area (Å²) >= 11 is 0. The molecule has 0 aromatic heterocycles. The molecule has 0 heterocycles. The molecule has 0 bridgehead atoms. The van der Waals surface area contributed by atoms with Gasteiger partial charge in [0.1, 0.15) is 5.75 Å². The summed E-state index contributed by atoms with van der Waals surface area (Å²) in [6, 6.07) is 11.1. The number of phenols is 1. The van der Waals surface area contributed by atoms with E-state index < -0.39 is 0 Å². The van der Waals surface area contributed by atoms with Crippen LogP contribution in [0.2, 0.25) is 0 Å². The molecule has 2 aromatic carbocycles. The number of fused-ring (bicyclic) bond motifs is 1. The van der Waals surface area contributed by atoms with Crippen LogP contribution in [0.15, 0.2) is 36.4 Å². The quantitative estimate of drug-likeness (QED) is 0.898. The van der Waals surface area contributed by atoms with Crippen LogP contribution in [0.4, 0.5) is 0 Å². The molecule has 3 nitrogen and oxygen atoms in total. The van der Waals surface area contributed by atoms with E-state index in [1.54, 1.807) is 6.07 Å². The first-order valence-corrected chi connectivity index (χ1v) is 7.52. The molecule has 0 aliphatic heterocycles. The van der Waals surface area contributed by atoms with Crippen molar-refractivity contribution in [2.24, 2.45) is 11.3 Å². The maximum absolute atomic E-state index is 12.3. The van der Waals surface area contributed by atoms with Gasteiger partial charge >= 0.3 is 0 Å². The molecule has 0 unspecified atom stereocenters. The van der Waals surface area contributed by atoms with Crippen molar-refractivity contribution >= 4 is 16.7 Å². The minimum absolute atomic E-state index is 0.0694. The van der Waals surface area contributed by atoms with Gasteiger partial charge in [-0.15, -0.1) is 0 Å². The van der Waals surface area contributed by atoms with Gasteiger partial charge in [-0.2, -0.15) is 0 Å². The highest BCUT2D eigenvalue weighted by Gasteiger charge is 2.45. The lowest BCUT2D eigenvalue weighted by molar-refractivity contribution is 0.0937. The molecule has 3 rings (SSSR count). The highest BCUT2D eigenvalue weighted by Crippen LogP contribution is 2.51. The highest BCUT2D eigenvalue weighted by atomic mass is 16.3. The monoisotopic (exact) mass is 283 g/mol. The molecule has 0 saturated heterocycles. The van der Waals surface area contributed by atoms with Crippen LogP contribution in [0.3, 0.4) is 0 Å². The molecule has 3 heteroatoms. The number of phenolic OH excluding ortho intramolecular Hbond substituents is 1. The molecule has 0 radical (unpaired) electrons. The number of hydrogen-bond donors (Lipinski definition) is 2. The lowest BCUT2D eigenvalue weighted by atomic mass is 9.92. The largest absolute Gasteiger partial charge is 0.506 e. The zero-order valence-corrected chi connectivity index (χ0v) is 12.5. The van der Waals surface area contributed by atoms with Crippen molar-refractivity contribution < 1.29 is 9.90 Å². The fraction of sp³-hybridized carbons (Fsp3) is 0.389. The Hall–Kier alpha value is -2.03. The second-order valence-electron chi connectivity index (χ2n) is 6.38. The summed E-state index contributed by atoms with van der Waals surface area (Å²) in [5, 5.41) is 15.0. The first-order chi connectivity index (χ1) is 10.0. The Morgan fingerprint density at radius 2 is 1.95 bits per heavy atom. The third-order valence-electron chi connectivity index (χ3n) is 4.86. The standard InChI is InChI=1S/C18H21NO2/c1-12(2)18(9-10-18)11-19-17(21)15-8-7-13-5-3-4-6-14(13)16(15)20/h3-8,12,20H,9-11H2,1-2H3,(H,19,21). The number of carbonyl (C=O) groups excluding carboxylic acids is 1. The van der Waals surface area contributed by atoms with Crippen molar-refractivity contribution in [1.82, 2.24) is 5.32 Å². The third kappa shape index (κ3) is 2.48. The molecule has 2 N–H and O–H groups in total. The smallest absolute Gasteiger partial charge is 0.255 e. The summed E-state index contributed by atoms with van der Waals surface area (Å²) < 4.78 is 0. The number of amides is 1. The molecule has 1 amide bonds. The Kier molecular flexibility index (Phi) is 3.36. The van der Waals surface area contributed by atoms with E-state index in [1.165, 1.54) is 12.8 Å². The van der Waals surface area contributed by atoms with Crippen molar-refractivity contribution in [2.45, 2.75) is 26.7 Å². The molecule has 1 aliphatic rings. The minimum atomic E-state index is -0.190. The van der Waals surface area contributed by atoms with Gasteiger partial charge < -0.3 is 10.4 Å². The van der Waals surface area contributed by atoms with Crippen LogP contribution >= 0.6 is 0 Å². The zero-order valence-electron chi connectivity index (χ0n) is 12.5. The van der Waals surface area contributed by atoms with Crippen molar-refractivity contribution in [3.8, 4) is 5.75 Å². The van der Waals surface area contributed by atoms with Gasteiger partial charge in [0.15, 0.2) is 0 Å². The fourth-order valence-electron chi connectivity index (χ4n) is 2.91. The summed E-state index contributed by atoms with van der Waals surface area (Å²) in [6.45, 7) is 5.09. The molecule has 1 saturated carbocycles. The van der Waals surface area contributed by atoms with Crippen LogP contribution in [0.5, 0.6) is 5.75 Å². The second-order valence-corrected chi connectivity index (χ2v) is 6.38. The fourth-order valence-corrected chi connectivity index (χ4v) is 2.91. The summed E-state index contributed by atoms with van der Waals surface area (Å²) in [6.07, 6.45) is 2.35. The Morgan fingerprint density at radius 3 is 2.62 bits per heavy atom. The molecule has 0 atom stereocenters. The summed E-state index contributed by atoms with van der Waals surface area (Å²) in [4.78, 5) is 12.3. The van der Waals surface area contributed by atoms with E-state index in [-0.39, 0.29) is 17.1 Å². The maximum Gasteiger partial charge on any atom is 0.255 e. The molecule has 1 fully saturated rings. The van der Waals surface area contributed by atoms with Crippen molar-refractivity contribution in [3.05, 3.63) is 42.0 Å². The zero-order chi connectivity index (χ0) is 15.0. The summed E-state index contributed by atoms with van der Waals surface area (Å²) in [5.41, 5.74) is 0.621. The average Bonchev–Trinajstić information content (AvgIpc) is 3.27. The van der Waals surface area contributed by atoms with Crippen LogP contribution in [0.25, 0.3) is 10.8 Å². The van der Waals surface area contributed by atoms with E-state index in [4.69, 9.17) is 0 Å². The van der Waals surface area contributed by atoms with Crippen LogP contribution in [-0.4, -0.2) is 17.6 Å². The number of aromatic hydroxyl groups is 1. The minimum Gasteiger partial charge on any atom is -0.506 e. The van der Waals surface area contributed by atoms with Crippen LogP contribution in [0.1, 0.15) is 37.0 Å². The molecule has 21 heavy (non-hydrogen) atoms. The second kappa shape index (κ2) is 5.06. The van der Waals surface area contributed by atoms with E-state index >= 15 is 0 Å². The molecule has 2 aromatic rings. The van der Waals surface area contributed by atoms with E-state index in [0.717, 1.165) is 10.8 Å². The van der Waals surface area contributed by atoms with Gasteiger partial charge in [0.05, 0.1) is 5.56 Å². The van der Waals surface area contributed by atoms with E-state index in [0.29, 0.717) is 18.0 Å². The molecular weight excluding hydrogens is 262 g/mol. The maximum atomic E-state index is 12.3. The van der Waals surface area contributed by atoms with Gasteiger partial charge in [-0.3, -0.25) is 4.79 Å². The number of benzene rings is 2. The number of rotatable bonds is 4. The summed E-state index contributed by atoms with van der Waals surface area (Å²) in [7, 11) is 0. The van der Waals surface area contributed by atoms with E-state index in [2.05, 4.69) is 19.2 Å². The van der Waals surface area contributed by atoms with Gasteiger partial charge in [-0.05, 0) is 35.6 Å². The Morgan fingerprint density at radius 1 is 1.24 bits per heavy atom. The molecule has 110 valence electrons. The predicted octanol–water partition coefficient (Wildman–Crippen LogP) is 3.71. The summed E-state index contributed by atoms with van der Waals surface area (Å²) in [5.74, 6) is 0.452.